The van der Waals surface area contributed by atoms with Crippen LogP contribution in [0.1, 0.15) is 23.1 Å². The molecule has 0 bridgehead atoms. The standard InChI is InChI=1S/C25H27NO7/c1-31-22-10-6-16(12-18(22)15-27)4-8-20(28)19(14-25(26)30)21(29)9-5-17-7-11-23(32-2)24(13-17)33-3/h4-13,19,27H,14-15H2,1-3H3,(H2,26,30)/b8-4+,9-5+. The van der Waals surface area contributed by atoms with Crippen molar-refractivity contribution in [1.82, 2.24) is 0 Å². The largest absolute Gasteiger partial charge is 0.496 e. The zero-order chi connectivity index (χ0) is 24.4. The molecule has 0 saturated heterocycles. The highest BCUT2D eigenvalue weighted by Gasteiger charge is 2.25. The van der Waals surface area contributed by atoms with Crippen molar-refractivity contribution in [3.63, 3.8) is 0 Å². The summed E-state index contributed by atoms with van der Waals surface area (Å²) in [5.74, 6) is -1.58. The van der Waals surface area contributed by atoms with Crippen LogP contribution in [0, 0.1) is 5.92 Å². The summed E-state index contributed by atoms with van der Waals surface area (Å²) < 4.78 is 15.6. The van der Waals surface area contributed by atoms with Gasteiger partial charge in [0.15, 0.2) is 23.1 Å². The summed E-state index contributed by atoms with van der Waals surface area (Å²) in [7, 11) is 4.50. The Balaban J connectivity index is 2.21. The molecule has 3 N–H and O–H groups in total. The van der Waals surface area contributed by atoms with Crippen molar-refractivity contribution >= 4 is 29.6 Å². The number of benzene rings is 2. The van der Waals surface area contributed by atoms with E-state index in [4.69, 9.17) is 19.9 Å². The van der Waals surface area contributed by atoms with Gasteiger partial charge in [0.1, 0.15) is 5.75 Å². The quantitative estimate of drug-likeness (QED) is 0.374. The number of aliphatic hydroxyl groups excluding tert-OH is 1. The number of carbonyl (C=O) groups excluding carboxylic acids is 3. The molecule has 0 fully saturated rings. The molecule has 0 radical (unpaired) electrons. The van der Waals surface area contributed by atoms with Gasteiger partial charge in [0.2, 0.25) is 5.91 Å². The minimum Gasteiger partial charge on any atom is -0.496 e. The van der Waals surface area contributed by atoms with Crippen LogP contribution in [0.3, 0.4) is 0 Å². The molecule has 2 aromatic rings. The number of rotatable bonds is 12. The third-order valence-corrected chi connectivity index (χ3v) is 4.85. The Kier molecular flexibility index (Phi) is 9.38. The molecule has 8 nitrogen and oxygen atoms in total. The average molecular weight is 453 g/mol. The fourth-order valence-electron chi connectivity index (χ4n) is 3.11. The number of allylic oxidation sites excluding steroid dienone is 2. The van der Waals surface area contributed by atoms with Crippen molar-refractivity contribution in [1.29, 1.82) is 0 Å². The highest BCUT2D eigenvalue weighted by Crippen LogP contribution is 2.28. The predicted octanol–water partition coefficient (Wildman–Crippen LogP) is 2.56. The fraction of sp³-hybridized carbons (Fsp3) is 0.240. The van der Waals surface area contributed by atoms with E-state index in [1.54, 1.807) is 36.4 Å². The van der Waals surface area contributed by atoms with Crippen LogP contribution in [0.25, 0.3) is 12.2 Å². The van der Waals surface area contributed by atoms with Gasteiger partial charge >= 0.3 is 0 Å². The summed E-state index contributed by atoms with van der Waals surface area (Å²) in [6, 6.07) is 10.1. The van der Waals surface area contributed by atoms with Gasteiger partial charge in [-0.1, -0.05) is 24.3 Å². The van der Waals surface area contributed by atoms with Crippen molar-refractivity contribution in [2.45, 2.75) is 13.0 Å². The zero-order valence-electron chi connectivity index (χ0n) is 18.7. The molecule has 0 aromatic heterocycles. The molecule has 2 rings (SSSR count). The van der Waals surface area contributed by atoms with Gasteiger partial charge in [-0.05, 0) is 47.5 Å². The number of hydrogen-bond donors (Lipinski definition) is 2. The van der Waals surface area contributed by atoms with E-state index < -0.39 is 29.8 Å². The first-order valence-corrected chi connectivity index (χ1v) is 10.0. The predicted molar refractivity (Wildman–Crippen MR) is 124 cm³/mol. The number of primary amides is 1. The number of nitrogens with two attached hydrogens (primary N) is 1. The first-order valence-electron chi connectivity index (χ1n) is 10.0. The van der Waals surface area contributed by atoms with Crippen molar-refractivity contribution in [2.75, 3.05) is 21.3 Å². The molecule has 33 heavy (non-hydrogen) atoms. The average Bonchev–Trinajstić information content (AvgIpc) is 2.83. The summed E-state index contributed by atoms with van der Waals surface area (Å²) in [5, 5.41) is 9.44. The number of carbonyl (C=O) groups is 3. The second kappa shape index (κ2) is 12.2. The molecular weight excluding hydrogens is 426 g/mol. The SMILES string of the molecule is COc1ccc(/C=C/C(=O)C(CC(N)=O)C(=O)/C=C/c2ccc(OC)c(OC)c2)cc1CO. The minimum absolute atomic E-state index is 0.234. The first kappa shape index (κ1) is 25.4. The second-order valence-corrected chi connectivity index (χ2v) is 7.04. The fourth-order valence-corrected chi connectivity index (χ4v) is 3.11. The monoisotopic (exact) mass is 453 g/mol. The van der Waals surface area contributed by atoms with Crippen LogP contribution in [0.4, 0.5) is 0 Å². The molecule has 0 heterocycles. The molecule has 0 saturated carbocycles. The Morgan fingerprint density at radius 2 is 1.36 bits per heavy atom. The van der Waals surface area contributed by atoms with Crippen LogP contribution >= 0.6 is 0 Å². The van der Waals surface area contributed by atoms with Gasteiger partial charge in [-0.15, -0.1) is 0 Å². The van der Waals surface area contributed by atoms with Crippen LogP contribution in [0.15, 0.2) is 48.6 Å². The van der Waals surface area contributed by atoms with Crippen LogP contribution in [-0.2, 0) is 21.0 Å². The molecule has 0 spiro atoms. The van der Waals surface area contributed by atoms with E-state index in [0.717, 1.165) is 0 Å². The van der Waals surface area contributed by atoms with Gasteiger partial charge in [-0.3, -0.25) is 14.4 Å². The Morgan fingerprint density at radius 3 is 1.85 bits per heavy atom. The van der Waals surface area contributed by atoms with E-state index in [2.05, 4.69) is 0 Å². The van der Waals surface area contributed by atoms with Gasteiger partial charge in [0.05, 0.1) is 33.9 Å². The molecule has 1 amide bonds. The number of methoxy groups -OCH3 is 3. The molecule has 1 atom stereocenters. The molecule has 174 valence electrons. The maximum absolute atomic E-state index is 12.7. The maximum Gasteiger partial charge on any atom is 0.218 e. The Labute approximate surface area is 192 Å². The molecule has 0 aliphatic carbocycles. The van der Waals surface area contributed by atoms with E-state index in [1.807, 2.05) is 0 Å². The molecule has 8 heteroatoms. The highest BCUT2D eigenvalue weighted by molar-refractivity contribution is 6.15. The van der Waals surface area contributed by atoms with Gasteiger partial charge in [-0.2, -0.15) is 0 Å². The first-order chi connectivity index (χ1) is 15.8. The number of aliphatic hydroxyl groups is 1. The second-order valence-electron chi connectivity index (χ2n) is 7.04. The van der Waals surface area contributed by atoms with E-state index in [-0.39, 0.29) is 6.61 Å². The summed E-state index contributed by atoms with van der Waals surface area (Å²) in [4.78, 5) is 36.9. The van der Waals surface area contributed by atoms with Crippen LogP contribution < -0.4 is 19.9 Å². The number of amides is 1. The van der Waals surface area contributed by atoms with Gasteiger partial charge < -0.3 is 25.1 Å². The Bertz CT molecular complexity index is 995. The van der Waals surface area contributed by atoms with E-state index >= 15 is 0 Å². The lowest BCUT2D eigenvalue weighted by molar-refractivity contribution is -0.131. The van der Waals surface area contributed by atoms with E-state index in [0.29, 0.717) is 33.9 Å². The van der Waals surface area contributed by atoms with E-state index in [1.165, 1.54) is 45.6 Å². The summed E-state index contributed by atoms with van der Waals surface area (Å²) in [6.45, 7) is -0.234. The van der Waals surface area contributed by atoms with Gasteiger partial charge in [0.25, 0.3) is 0 Å². The Hall–Kier alpha value is -3.91. The number of ketones is 2. The van der Waals surface area contributed by atoms with Crippen molar-refractivity contribution in [3.05, 3.63) is 65.2 Å². The lowest BCUT2D eigenvalue weighted by Crippen LogP contribution is -2.27. The molecule has 2 aromatic carbocycles. The van der Waals surface area contributed by atoms with Gasteiger partial charge in [0, 0.05) is 12.0 Å². The van der Waals surface area contributed by atoms with Crippen molar-refractivity contribution < 1.29 is 33.7 Å². The molecular formula is C25H27NO7. The summed E-state index contributed by atoms with van der Waals surface area (Å²) >= 11 is 0. The van der Waals surface area contributed by atoms with Crippen molar-refractivity contribution in [2.24, 2.45) is 11.7 Å². The Morgan fingerprint density at radius 1 is 0.848 bits per heavy atom. The third-order valence-electron chi connectivity index (χ3n) is 4.85. The minimum atomic E-state index is -1.24. The summed E-state index contributed by atoms with van der Waals surface area (Å²) in [6.07, 6.45) is 5.06. The van der Waals surface area contributed by atoms with E-state index in [9.17, 15) is 19.5 Å². The number of hydrogen-bond acceptors (Lipinski definition) is 7. The van der Waals surface area contributed by atoms with Crippen LogP contribution in [-0.4, -0.2) is 43.9 Å². The molecule has 1 unspecified atom stereocenters. The molecule has 0 aliphatic rings. The van der Waals surface area contributed by atoms with Crippen molar-refractivity contribution in [3.8, 4) is 17.2 Å². The summed E-state index contributed by atoms with van der Waals surface area (Å²) in [5.41, 5.74) is 7.08. The lowest BCUT2D eigenvalue weighted by Gasteiger charge is -2.10. The van der Waals surface area contributed by atoms with Crippen LogP contribution in [0.2, 0.25) is 0 Å². The van der Waals surface area contributed by atoms with Crippen LogP contribution in [0.5, 0.6) is 17.2 Å². The highest BCUT2D eigenvalue weighted by atomic mass is 16.5. The lowest BCUT2D eigenvalue weighted by atomic mass is 9.93. The maximum atomic E-state index is 12.7. The third kappa shape index (κ3) is 7.05. The number of ether oxygens (including phenoxy) is 3. The zero-order valence-corrected chi connectivity index (χ0v) is 18.7. The normalized spacial score (nSPS) is 12.0. The smallest absolute Gasteiger partial charge is 0.218 e. The van der Waals surface area contributed by atoms with Gasteiger partial charge in [-0.25, -0.2) is 0 Å². The molecule has 0 aliphatic heterocycles. The topological polar surface area (TPSA) is 125 Å².